The van der Waals surface area contributed by atoms with Gasteiger partial charge in [-0.1, -0.05) is 6.07 Å². The molecule has 0 fully saturated rings. The molecule has 3 aromatic heterocycles. The van der Waals surface area contributed by atoms with Gasteiger partial charge in [-0.2, -0.15) is 0 Å². The fourth-order valence-electron chi connectivity index (χ4n) is 3.25. The van der Waals surface area contributed by atoms with Crippen LogP contribution in [0.5, 0.6) is 0 Å². The van der Waals surface area contributed by atoms with Crippen molar-refractivity contribution in [1.29, 1.82) is 0 Å². The normalized spacial score (nSPS) is 10.9. The maximum absolute atomic E-state index is 13.9. The van der Waals surface area contributed by atoms with Crippen molar-refractivity contribution in [3.05, 3.63) is 87.7 Å². The average molecular weight is 451 g/mol. The summed E-state index contributed by atoms with van der Waals surface area (Å²) < 4.78 is 34.9. The number of carbonyl (C=O) groups is 1. The number of benzene rings is 1. The number of aryl methyl sites for hydroxylation is 2. The molecule has 1 aromatic carbocycles. The van der Waals surface area contributed by atoms with Gasteiger partial charge in [-0.25, -0.2) is 18.7 Å². The molecule has 1 amide bonds. The third-order valence-electron chi connectivity index (χ3n) is 4.94. The molecule has 0 saturated carbocycles. The molecule has 4 aromatic rings. The van der Waals surface area contributed by atoms with Gasteiger partial charge in [0.25, 0.3) is 5.91 Å². The first-order valence-corrected chi connectivity index (χ1v) is 9.87. The van der Waals surface area contributed by atoms with Crippen molar-refractivity contribution >= 4 is 11.7 Å². The van der Waals surface area contributed by atoms with Gasteiger partial charge in [0.1, 0.15) is 45.9 Å². The topological polar surface area (TPSA) is 116 Å². The predicted octanol–water partition coefficient (Wildman–Crippen LogP) is 3.20. The van der Waals surface area contributed by atoms with Crippen LogP contribution in [-0.4, -0.2) is 20.4 Å². The number of nitrogens with one attached hydrogen (secondary N) is 1. The van der Waals surface area contributed by atoms with Gasteiger partial charge >= 0.3 is 0 Å². The van der Waals surface area contributed by atoms with Crippen LogP contribution >= 0.6 is 0 Å². The number of amides is 1. The van der Waals surface area contributed by atoms with Gasteiger partial charge in [-0.15, -0.1) is 0 Å². The van der Waals surface area contributed by atoms with Crippen LogP contribution in [-0.2, 0) is 13.6 Å². The summed E-state index contributed by atoms with van der Waals surface area (Å²) in [6.45, 7) is 1.54. The lowest BCUT2D eigenvalue weighted by molar-refractivity contribution is 0.0942. The summed E-state index contributed by atoms with van der Waals surface area (Å²) in [6.07, 6.45) is 1.58. The monoisotopic (exact) mass is 451 g/mol. The van der Waals surface area contributed by atoms with Crippen LogP contribution in [0.2, 0.25) is 0 Å². The molecule has 0 atom stereocenters. The van der Waals surface area contributed by atoms with Crippen molar-refractivity contribution < 1.29 is 18.0 Å². The van der Waals surface area contributed by atoms with Crippen LogP contribution in [0.25, 0.3) is 22.7 Å². The third-order valence-corrected chi connectivity index (χ3v) is 4.94. The Hall–Kier alpha value is -4.34. The molecule has 3 heterocycles. The number of aromatic nitrogens is 3. The number of rotatable bonds is 5. The number of hydrogen-bond acceptors (Lipinski definition) is 6. The fourth-order valence-corrected chi connectivity index (χ4v) is 3.25. The van der Waals surface area contributed by atoms with Crippen LogP contribution < -0.4 is 16.6 Å². The highest BCUT2D eigenvalue weighted by molar-refractivity contribution is 5.94. The minimum atomic E-state index is -0.985. The Morgan fingerprint density at radius 2 is 1.82 bits per heavy atom. The second kappa shape index (κ2) is 8.65. The molecule has 0 unspecified atom stereocenters. The number of anilines is 1. The first-order chi connectivity index (χ1) is 15.7. The number of nitrogen functional groups attached to an aromatic ring is 1. The van der Waals surface area contributed by atoms with Crippen molar-refractivity contribution in [2.24, 2.45) is 7.05 Å². The summed E-state index contributed by atoms with van der Waals surface area (Å²) in [6, 6.07) is 9.58. The van der Waals surface area contributed by atoms with Crippen LogP contribution in [0.15, 0.2) is 57.9 Å². The number of nitrogens with zero attached hydrogens (tertiary/aromatic N) is 3. The number of pyridine rings is 1. The van der Waals surface area contributed by atoms with Crippen LogP contribution in [0.4, 0.5) is 14.6 Å². The summed E-state index contributed by atoms with van der Waals surface area (Å²) in [7, 11) is 1.59. The Bertz CT molecular complexity index is 1410. The van der Waals surface area contributed by atoms with E-state index in [2.05, 4.69) is 15.3 Å². The predicted molar refractivity (Wildman–Crippen MR) is 117 cm³/mol. The van der Waals surface area contributed by atoms with Crippen molar-refractivity contribution in [3.63, 3.8) is 0 Å². The van der Waals surface area contributed by atoms with Gasteiger partial charge in [-0.05, 0) is 37.3 Å². The van der Waals surface area contributed by atoms with E-state index >= 15 is 0 Å². The highest BCUT2D eigenvalue weighted by Crippen LogP contribution is 2.31. The summed E-state index contributed by atoms with van der Waals surface area (Å²) in [5.74, 6) is -1.86. The van der Waals surface area contributed by atoms with E-state index < -0.39 is 23.1 Å². The molecular weight excluding hydrogens is 432 g/mol. The standard InChI is InChI=1S/C23H19F2N5O3/c1-12-6-8-17(33-12)21-20(13-7-9-18(31)30(2)11-13)28-16(22(26)29-21)10-27-23(32)19-14(24)4-3-5-15(19)25/h3-9,11H,10H2,1-2H3,(H2,26,29)(H,27,32). The van der Waals surface area contributed by atoms with Crippen LogP contribution in [0.1, 0.15) is 21.8 Å². The maximum atomic E-state index is 13.9. The summed E-state index contributed by atoms with van der Waals surface area (Å²) >= 11 is 0. The van der Waals surface area contributed by atoms with E-state index in [4.69, 9.17) is 10.2 Å². The molecule has 33 heavy (non-hydrogen) atoms. The lowest BCUT2D eigenvalue weighted by Gasteiger charge is -2.13. The zero-order valence-corrected chi connectivity index (χ0v) is 17.7. The Morgan fingerprint density at radius 3 is 2.45 bits per heavy atom. The first-order valence-electron chi connectivity index (χ1n) is 9.87. The Labute approximate surface area is 186 Å². The maximum Gasteiger partial charge on any atom is 0.257 e. The molecule has 0 aliphatic carbocycles. The van der Waals surface area contributed by atoms with Crippen molar-refractivity contribution in [1.82, 2.24) is 19.9 Å². The molecular formula is C23H19F2N5O3. The van der Waals surface area contributed by atoms with E-state index in [-0.39, 0.29) is 23.6 Å². The molecule has 4 rings (SSSR count). The van der Waals surface area contributed by atoms with E-state index in [9.17, 15) is 18.4 Å². The summed E-state index contributed by atoms with van der Waals surface area (Å²) in [5, 5.41) is 2.42. The van der Waals surface area contributed by atoms with Crippen LogP contribution in [0.3, 0.4) is 0 Å². The lowest BCUT2D eigenvalue weighted by Crippen LogP contribution is -2.26. The highest BCUT2D eigenvalue weighted by atomic mass is 19.1. The Balaban J connectivity index is 1.74. The third kappa shape index (κ3) is 4.36. The molecule has 0 spiro atoms. The Kier molecular flexibility index (Phi) is 5.74. The fraction of sp³-hybridized carbons (Fsp3) is 0.130. The summed E-state index contributed by atoms with van der Waals surface area (Å²) in [5.41, 5.74) is 6.60. The van der Waals surface area contributed by atoms with Gasteiger partial charge < -0.3 is 20.0 Å². The van der Waals surface area contributed by atoms with E-state index in [1.165, 1.54) is 16.7 Å². The molecule has 0 aliphatic rings. The Morgan fingerprint density at radius 1 is 1.09 bits per heavy atom. The van der Waals surface area contributed by atoms with Crippen molar-refractivity contribution in [2.45, 2.75) is 13.5 Å². The number of nitrogens with two attached hydrogens (primary N) is 1. The number of halogens is 2. The van der Waals surface area contributed by atoms with E-state index in [1.807, 2.05) is 0 Å². The minimum Gasteiger partial charge on any atom is -0.460 e. The smallest absolute Gasteiger partial charge is 0.257 e. The molecule has 3 N–H and O–H groups in total. The average Bonchev–Trinajstić information content (AvgIpc) is 3.20. The number of carbonyl (C=O) groups excluding carboxylic acids is 1. The number of furan rings is 1. The van der Waals surface area contributed by atoms with E-state index in [0.29, 0.717) is 28.5 Å². The molecule has 0 bridgehead atoms. The van der Waals surface area contributed by atoms with Gasteiger partial charge in [0.05, 0.1) is 6.54 Å². The van der Waals surface area contributed by atoms with Gasteiger partial charge in [0.15, 0.2) is 5.76 Å². The van der Waals surface area contributed by atoms with Crippen molar-refractivity contribution in [2.75, 3.05) is 5.73 Å². The van der Waals surface area contributed by atoms with Gasteiger partial charge in [-0.3, -0.25) is 9.59 Å². The first kappa shape index (κ1) is 21.9. The van der Waals surface area contributed by atoms with E-state index in [1.54, 1.807) is 38.4 Å². The van der Waals surface area contributed by atoms with E-state index in [0.717, 1.165) is 12.1 Å². The lowest BCUT2D eigenvalue weighted by atomic mass is 10.1. The molecule has 0 radical (unpaired) electrons. The second-order valence-electron chi connectivity index (χ2n) is 7.31. The quantitative estimate of drug-likeness (QED) is 0.481. The summed E-state index contributed by atoms with van der Waals surface area (Å²) in [4.78, 5) is 33.1. The minimum absolute atomic E-state index is 0.00179. The van der Waals surface area contributed by atoms with Crippen LogP contribution in [0, 0.1) is 18.6 Å². The van der Waals surface area contributed by atoms with Crippen molar-refractivity contribution in [3.8, 4) is 22.7 Å². The second-order valence-corrected chi connectivity index (χ2v) is 7.31. The largest absolute Gasteiger partial charge is 0.460 e. The number of hydrogen-bond donors (Lipinski definition) is 2. The molecule has 168 valence electrons. The molecule has 10 heteroatoms. The zero-order chi connectivity index (χ0) is 23.7. The molecule has 0 saturated heterocycles. The highest BCUT2D eigenvalue weighted by Gasteiger charge is 2.21. The SMILES string of the molecule is Cc1ccc(-c2nc(N)c(CNC(=O)c3c(F)cccc3F)nc2-c2ccc(=O)n(C)c2)o1. The zero-order valence-electron chi connectivity index (χ0n) is 17.7. The molecule has 0 aliphatic heterocycles. The van der Waals surface area contributed by atoms with Gasteiger partial charge in [0, 0.05) is 24.9 Å². The molecule has 8 nitrogen and oxygen atoms in total. The van der Waals surface area contributed by atoms with Gasteiger partial charge in [0.2, 0.25) is 5.56 Å².